The van der Waals surface area contributed by atoms with Crippen molar-refractivity contribution < 1.29 is 0 Å². The maximum Gasteiger partial charge on any atom is 0.164 e. The molecule has 1 heterocycles. The van der Waals surface area contributed by atoms with E-state index in [2.05, 4.69) is 200 Å². The lowest BCUT2D eigenvalue weighted by molar-refractivity contribution is 0.769. The van der Waals surface area contributed by atoms with Crippen LogP contribution in [-0.4, -0.2) is 15.0 Å². The van der Waals surface area contributed by atoms with Crippen molar-refractivity contribution in [2.24, 2.45) is 0 Å². The molecule has 0 bridgehead atoms. The van der Waals surface area contributed by atoms with Crippen LogP contribution in [0.4, 0.5) is 0 Å². The molecule has 0 saturated heterocycles. The molecule has 294 valence electrons. The van der Waals surface area contributed by atoms with E-state index in [0.717, 1.165) is 33.0 Å². The SMILES string of the molecule is c1ccc(-c2nc(-c3ccccc3)nc(-c3ccc(-c4cc5c(cc4-c4ccc6ccccc6c4)-c4ccccc4C5(c4ccccc4)c4ccccc4)c4ccccc34)n2)cc1. The van der Waals surface area contributed by atoms with Gasteiger partial charge in [0.25, 0.3) is 0 Å². The van der Waals surface area contributed by atoms with Crippen LogP contribution in [0, 0.1) is 0 Å². The molecule has 0 radical (unpaired) electrons. The third-order valence-electron chi connectivity index (χ3n) is 12.8. The molecule has 0 atom stereocenters. The molecule has 3 heteroatoms. The van der Waals surface area contributed by atoms with Gasteiger partial charge in [0, 0.05) is 16.7 Å². The quantitative estimate of drug-likeness (QED) is 0.161. The molecule has 0 amide bonds. The van der Waals surface area contributed by atoms with E-state index in [0.29, 0.717) is 17.5 Å². The molecular weight excluding hydrogens is 763 g/mol. The summed E-state index contributed by atoms with van der Waals surface area (Å²) >= 11 is 0. The van der Waals surface area contributed by atoms with E-state index in [1.807, 2.05) is 36.4 Å². The van der Waals surface area contributed by atoms with E-state index < -0.39 is 5.41 Å². The second-order valence-electron chi connectivity index (χ2n) is 16.3. The highest BCUT2D eigenvalue weighted by Crippen LogP contribution is 2.58. The fourth-order valence-electron chi connectivity index (χ4n) is 9.96. The molecule has 1 aromatic heterocycles. The predicted molar refractivity (Wildman–Crippen MR) is 259 cm³/mol. The van der Waals surface area contributed by atoms with Gasteiger partial charge in [-0.25, -0.2) is 15.0 Å². The Morgan fingerprint density at radius 2 is 0.762 bits per heavy atom. The van der Waals surface area contributed by atoms with Crippen molar-refractivity contribution in [1.82, 2.24) is 15.0 Å². The Balaban J connectivity index is 1.15. The molecule has 63 heavy (non-hydrogen) atoms. The van der Waals surface area contributed by atoms with Crippen molar-refractivity contribution in [3.8, 4) is 67.5 Å². The van der Waals surface area contributed by atoms with Gasteiger partial charge in [0.1, 0.15) is 0 Å². The summed E-state index contributed by atoms with van der Waals surface area (Å²) < 4.78 is 0. The zero-order chi connectivity index (χ0) is 41.7. The Bertz CT molecular complexity index is 3390. The molecule has 12 rings (SSSR count). The van der Waals surface area contributed by atoms with Crippen molar-refractivity contribution >= 4 is 21.5 Å². The molecule has 1 aliphatic rings. The van der Waals surface area contributed by atoms with Crippen molar-refractivity contribution in [3.05, 3.63) is 259 Å². The highest BCUT2D eigenvalue weighted by atomic mass is 15.0. The first-order valence-corrected chi connectivity index (χ1v) is 21.5. The summed E-state index contributed by atoms with van der Waals surface area (Å²) in [6.07, 6.45) is 0. The minimum atomic E-state index is -0.548. The smallest absolute Gasteiger partial charge is 0.164 e. The molecule has 0 saturated carbocycles. The fraction of sp³-hybridized carbons (Fsp3) is 0.0167. The van der Waals surface area contributed by atoms with Gasteiger partial charge >= 0.3 is 0 Å². The molecular formula is C60H39N3. The van der Waals surface area contributed by atoms with Crippen LogP contribution in [0.3, 0.4) is 0 Å². The van der Waals surface area contributed by atoms with Gasteiger partial charge in [0.2, 0.25) is 0 Å². The second kappa shape index (κ2) is 15.0. The number of nitrogens with zero attached hydrogens (tertiary/aromatic N) is 3. The van der Waals surface area contributed by atoms with Crippen molar-refractivity contribution in [2.45, 2.75) is 5.41 Å². The molecule has 1 aliphatic carbocycles. The first-order chi connectivity index (χ1) is 31.2. The van der Waals surface area contributed by atoms with E-state index in [1.54, 1.807) is 0 Å². The Hall–Kier alpha value is -8.27. The number of benzene rings is 10. The van der Waals surface area contributed by atoms with Crippen LogP contribution in [0.5, 0.6) is 0 Å². The number of rotatable bonds is 7. The van der Waals surface area contributed by atoms with E-state index in [4.69, 9.17) is 15.0 Å². The predicted octanol–water partition coefficient (Wildman–Crippen LogP) is 14.9. The topological polar surface area (TPSA) is 38.7 Å². The number of hydrogen-bond acceptors (Lipinski definition) is 3. The van der Waals surface area contributed by atoms with Gasteiger partial charge in [-0.1, -0.05) is 212 Å². The minimum absolute atomic E-state index is 0.548. The summed E-state index contributed by atoms with van der Waals surface area (Å²) in [6, 6.07) is 85.2. The molecule has 0 unspecified atom stereocenters. The fourth-order valence-corrected chi connectivity index (χ4v) is 9.96. The van der Waals surface area contributed by atoms with Gasteiger partial charge in [0.15, 0.2) is 17.5 Å². The molecule has 3 nitrogen and oxygen atoms in total. The van der Waals surface area contributed by atoms with E-state index in [9.17, 15) is 0 Å². The zero-order valence-corrected chi connectivity index (χ0v) is 34.4. The first-order valence-electron chi connectivity index (χ1n) is 21.5. The van der Waals surface area contributed by atoms with E-state index >= 15 is 0 Å². The zero-order valence-electron chi connectivity index (χ0n) is 34.4. The summed E-state index contributed by atoms with van der Waals surface area (Å²) in [4.78, 5) is 15.4. The van der Waals surface area contributed by atoms with Crippen molar-refractivity contribution in [2.75, 3.05) is 0 Å². The Morgan fingerprint density at radius 1 is 0.254 bits per heavy atom. The molecule has 10 aromatic carbocycles. The van der Waals surface area contributed by atoms with E-state index in [1.165, 1.54) is 60.8 Å². The highest BCUT2D eigenvalue weighted by Gasteiger charge is 2.46. The normalized spacial score (nSPS) is 12.6. The lowest BCUT2D eigenvalue weighted by Crippen LogP contribution is -2.28. The van der Waals surface area contributed by atoms with Gasteiger partial charge in [0.05, 0.1) is 5.41 Å². The van der Waals surface area contributed by atoms with Gasteiger partial charge in [-0.3, -0.25) is 0 Å². The molecule has 0 fully saturated rings. The van der Waals surface area contributed by atoms with Crippen LogP contribution in [0.1, 0.15) is 22.3 Å². The summed E-state index contributed by atoms with van der Waals surface area (Å²) in [5.74, 6) is 1.92. The first kappa shape index (κ1) is 36.6. The third-order valence-corrected chi connectivity index (χ3v) is 12.8. The van der Waals surface area contributed by atoms with Gasteiger partial charge in [-0.05, 0) is 101 Å². The molecule has 0 aliphatic heterocycles. The average Bonchev–Trinajstić information content (AvgIpc) is 3.66. The average molecular weight is 802 g/mol. The van der Waals surface area contributed by atoms with Crippen molar-refractivity contribution in [1.29, 1.82) is 0 Å². The van der Waals surface area contributed by atoms with Crippen LogP contribution < -0.4 is 0 Å². The molecule has 0 N–H and O–H groups in total. The minimum Gasteiger partial charge on any atom is -0.208 e. The maximum absolute atomic E-state index is 5.18. The molecule has 11 aromatic rings. The number of aromatic nitrogens is 3. The van der Waals surface area contributed by atoms with Gasteiger partial charge < -0.3 is 0 Å². The van der Waals surface area contributed by atoms with Crippen LogP contribution in [0.25, 0.3) is 89.1 Å². The number of fused-ring (bicyclic) bond motifs is 5. The second-order valence-corrected chi connectivity index (χ2v) is 16.3. The van der Waals surface area contributed by atoms with Crippen LogP contribution in [0.15, 0.2) is 237 Å². The monoisotopic (exact) mass is 801 g/mol. The third kappa shape index (κ3) is 6.01. The summed E-state index contributed by atoms with van der Waals surface area (Å²) in [6.45, 7) is 0. The number of hydrogen-bond donors (Lipinski definition) is 0. The summed E-state index contributed by atoms with van der Waals surface area (Å²) in [7, 11) is 0. The van der Waals surface area contributed by atoms with Crippen LogP contribution in [-0.2, 0) is 5.41 Å². The maximum atomic E-state index is 5.18. The Morgan fingerprint density at radius 3 is 1.41 bits per heavy atom. The van der Waals surface area contributed by atoms with Crippen molar-refractivity contribution in [3.63, 3.8) is 0 Å². The lowest BCUT2D eigenvalue weighted by atomic mass is 9.67. The van der Waals surface area contributed by atoms with Gasteiger partial charge in [-0.15, -0.1) is 0 Å². The standard InChI is InChI=1S/C60H39N3/c1-5-20-41(21-6-1)57-61-58(42-22-7-2-8-23-42)63-59(62-57)51-36-35-49(47-29-15-16-30-48(47)51)53-39-56-54(38-52(53)44-34-33-40-19-13-14-24-43(40)37-44)50-31-17-18-32-55(50)60(56,45-25-9-3-10-26-45)46-27-11-4-12-28-46/h1-39H. The lowest BCUT2D eigenvalue weighted by Gasteiger charge is -2.34. The highest BCUT2D eigenvalue weighted by molar-refractivity contribution is 6.08. The largest absolute Gasteiger partial charge is 0.208 e. The Labute approximate surface area is 366 Å². The summed E-state index contributed by atoms with van der Waals surface area (Å²) in [5.41, 5.74) is 14.5. The summed E-state index contributed by atoms with van der Waals surface area (Å²) in [5, 5.41) is 4.63. The van der Waals surface area contributed by atoms with Crippen LogP contribution >= 0.6 is 0 Å². The van der Waals surface area contributed by atoms with Crippen LogP contribution in [0.2, 0.25) is 0 Å². The van der Waals surface area contributed by atoms with E-state index in [-0.39, 0.29) is 0 Å². The molecule has 0 spiro atoms. The van der Waals surface area contributed by atoms with Gasteiger partial charge in [-0.2, -0.15) is 0 Å². The Kier molecular flexibility index (Phi) is 8.72.